The van der Waals surface area contributed by atoms with E-state index >= 15 is 0 Å². The topological polar surface area (TPSA) is 103 Å². The van der Waals surface area contributed by atoms with Gasteiger partial charge in [0.2, 0.25) is 0 Å². The summed E-state index contributed by atoms with van der Waals surface area (Å²) in [6, 6.07) is 8.85. The van der Waals surface area contributed by atoms with Crippen molar-refractivity contribution in [2.24, 2.45) is 0 Å². The van der Waals surface area contributed by atoms with Crippen molar-refractivity contribution >= 4 is 16.9 Å². The first-order valence-electron chi connectivity index (χ1n) is 8.46. The molecule has 0 unspecified atom stereocenters. The molecule has 27 heavy (non-hydrogen) atoms. The predicted molar refractivity (Wildman–Crippen MR) is 99.3 cm³/mol. The van der Waals surface area contributed by atoms with Crippen LogP contribution in [-0.4, -0.2) is 34.5 Å². The summed E-state index contributed by atoms with van der Waals surface area (Å²) in [6.07, 6.45) is 2.04. The van der Waals surface area contributed by atoms with Gasteiger partial charge >= 0.3 is 5.97 Å². The average Bonchev–Trinajstić information content (AvgIpc) is 2.68. The first-order valence-corrected chi connectivity index (χ1v) is 8.46. The molecule has 2 aromatic heterocycles. The van der Waals surface area contributed by atoms with Crippen LogP contribution in [0.5, 0.6) is 5.75 Å². The highest BCUT2D eigenvalue weighted by atomic mass is 16.5. The number of carbonyl (C=O) groups is 1. The van der Waals surface area contributed by atoms with Gasteiger partial charge in [-0.1, -0.05) is 12.1 Å². The van der Waals surface area contributed by atoms with Gasteiger partial charge in [-0.25, -0.2) is 9.48 Å². The Hall–Kier alpha value is -3.42. The molecular weight excluding hydrogens is 350 g/mol. The lowest BCUT2D eigenvalue weighted by atomic mass is 10.1. The number of hydrogen-bond donors (Lipinski definition) is 1. The van der Waals surface area contributed by atoms with Gasteiger partial charge in [-0.2, -0.15) is 5.10 Å². The van der Waals surface area contributed by atoms with Crippen molar-refractivity contribution in [2.75, 3.05) is 13.7 Å². The number of aryl methyl sites for hydroxylation is 2. The SMILES string of the molecule is CCOC(=O)c1cc2cnn(CCc3ccc(OC)cc3)c(=O)c2[nH]c1=O. The van der Waals surface area contributed by atoms with Gasteiger partial charge in [0.25, 0.3) is 11.1 Å². The molecule has 0 aliphatic heterocycles. The molecule has 0 amide bonds. The summed E-state index contributed by atoms with van der Waals surface area (Å²) in [5.74, 6) is 0.0269. The van der Waals surface area contributed by atoms with Crippen molar-refractivity contribution in [1.29, 1.82) is 0 Å². The summed E-state index contributed by atoms with van der Waals surface area (Å²) in [5, 5.41) is 4.51. The number of aromatic nitrogens is 3. The molecule has 0 aliphatic carbocycles. The number of nitrogens with one attached hydrogen (secondary N) is 1. The number of aromatic amines is 1. The van der Waals surface area contributed by atoms with Gasteiger partial charge in [-0.15, -0.1) is 0 Å². The average molecular weight is 369 g/mol. The smallest absolute Gasteiger partial charge is 0.343 e. The number of hydrogen-bond acceptors (Lipinski definition) is 6. The molecule has 8 heteroatoms. The summed E-state index contributed by atoms with van der Waals surface area (Å²) in [4.78, 5) is 39.0. The van der Waals surface area contributed by atoms with Crippen LogP contribution >= 0.6 is 0 Å². The molecule has 2 heterocycles. The van der Waals surface area contributed by atoms with Gasteiger partial charge in [0.05, 0.1) is 19.9 Å². The van der Waals surface area contributed by atoms with Crippen molar-refractivity contribution in [3.05, 3.63) is 68.4 Å². The quantitative estimate of drug-likeness (QED) is 0.661. The minimum atomic E-state index is -0.732. The Bertz CT molecular complexity index is 1080. The fraction of sp³-hybridized carbons (Fsp3) is 0.263. The van der Waals surface area contributed by atoms with Gasteiger partial charge in [-0.05, 0) is 37.1 Å². The third-order valence-corrected chi connectivity index (χ3v) is 4.12. The molecule has 0 radical (unpaired) electrons. The summed E-state index contributed by atoms with van der Waals surface area (Å²) in [5.41, 5.74) is -0.102. The van der Waals surface area contributed by atoms with E-state index in [2.05, 4.69) is 10.1 Å². The van der Waals surface area contributed by atoms with Crippen LogP contribution in [0.3, 0.4) is 0 Å². The molecule has 0 fully saturated rings. The fourth-order valence-electron chi connectivity index (χ4n) is 2.69. The lowest BCUT2D eigenvalue weighted by Gasteiger charge is -2.08. The van der Waals surface area contributed by atoms with E-state index in [1.165, 1.54) is 16.9 Å². The minimum absolute atomic E-state index is 0.109. The van der Waals surface area contributed by atoms with Crippen LogP contribution in [0.2, 0.25) is 0 Å². The Morgan fingerprint density at radius 1 is 1.22 bits per heavy atom. The summed E-state index contributed by atoms with van der Waals surface area (Å²) in [7, 11) is 1.60. The van der Waals surface area contributed by atoms with Crippen LogP contribution in [-0.2, 0) is 17.7 Å². The Kier molecular flexibility index (Phi) is 5.35. The van der Waals surface area contributed by atoms with Gasteiger partial charge in [-0.3, -0.25) is 9.59 Å². The maximum Gasteiger partial charge on any atom is 0.343 e. The van der Waals surface area contributed by atoms with Gasteiger partial charge in [0.15, 0.2) is 0 Å². The summed E-state index contributed by atoms with van der Waals surface area (Å²) < 4.78 is 11.2. The maximum absolute atomic E-state index is 12.6. The second-order valence-electron chi connectivity index (χ2n) is 5.83. The van der Waals surface area contributed by atoms with E-state index in [1.807, 2.05) is 24.3 Å². The Morgan fingerprint density at radius 3 is 2.63 bits per heavy atom. The maximum atomic E-state index is 12.6. The van der Waals surface area contributed by atoms with E-state index in [-0.39, 0.29) is 17.7 Å². The lowest BCUT2D eigenvalue weighted by Crippen LogP contribution is -2.28. The molecule has 1 N–H and O–H groups in total. The molecular formula is C19H19N3O5. The van der Waals surface area contributed by atoms with Crippen LogP contribution < -0.4 is 15.9 Å². The number of esters is 1. The molecule has 1 aromatic carbocycles. The van der Waals surface area contributed by atoms with Crippen molar-refractivity contribution in [2.45, 2.75) is 19.9 Å². The molecule has 0 spiro atoms. The van der Waals surface area contributed by atoms with E-state index in [4.69, 9.17) is 9.47 Å². The standard InChI is InChI=1S/C19H19N3O5/c1-3-27-19(25)15-10-13-11-20-22(18(24)16(13)21-17(15)23)9-8-12-4-6-14(26-2)7-5-12/h4-7,10-11H,3,8-9H2,1-2H3,(H,21,23). The van der Waals surface area contributed by atoms with Crippen LogP contribution in [0.1, 0.15) is 22.8 Å². The number of rotatable bonds is 6. The number of H-pyrrole nitrogens is 1. The molecule has 3 aromatic rings. The number of fused-ring (bicyclic) bond motifs is 1. The number of pyridine rings is 1. The first-order chi connectivity index (χ1) is 13.0. The van der Waals surface area contributed by atoms with Crippen LogP contribution in [0.25, 0.3) is 10.9 Å². The highest BCUT2D eigenvalue weighted by Crippen LogP contribution is 2.12. The molecule has 0 saturated carbocycles. The van der Waals surface area contributed by atoms with Gasteiger partial charge in [0.1, 0.15) is 16.8 Å². The highest BCUT2D eigenvalue weighted by molar-refractivity contribution is 5.93. The number of carbonyl (C=O) groups excluding carboxylic acids is 1. The largest absolute Gasteiger partial charge is 0.497 e. The van der Waals surface area contributed by atoms with Crippen molar-refractivity contribution in [1.82, 2.24) is 14.8 Å². The molecule has 140 valence electrons. The van der Waals surface area contributed by atoms with E-state index in [0.29, 0.717) is 18.4 Å². The van der Waals surface area contributed by atoms with E-state index < -0.39 is 17.1 Å². The second-order valence-corrected chi connectivity index (χ2v) is 5.83. The van der Waals surface area contributed by atoms with E-state index in [1.54, 1.807) is 14.0 Å². The Morgan fingerprint density at radius 2 is 1.96 bits per heavy atom. The molecule has 0 aliphatic rings. The van der Waals surface area contributed by atoms with Crippen LogP contribution in [0, 0.1) is 0 Å². The number of ether oxygens (including phenoxy) is 2. The van der Waals surface area contributed by atoms with Crippen molar-refractivity contribution < 1.29 is 14.3 Å². The molecule has 0 bridgehead atoms. The summed E-state index contributed by atoms with van der Waals surface area (Å²) in [6.45, 7) is 2.15. The normalized spacial score (nSPS) is 10.7. The summed E-state index contributed by atoms with van der Waals surface area (Å²) >= 11 is 0. The zero-order valence-corrected chi connectivity index (χ0v) is 15.0. The molecule has 3 rings (SSSR count). The van der Waals surface area contributed by atoms with Gasteiger partial charge < -0.3 is 14.5 Å². The van der Waals surface area contributed by atoms with E-state index in [9.17, 15) is 14.4 Å². The Balaban J connectivity index is 1.88. The van der Waals surface area contributed by atoms with Crippen LogP contribution in [0.15, 0.2) is 46.1 Å². The van der Waals surface area contributed by atoms with Gasteiger partial charge in [0, 0.05) is 11.9 Å². The number of nitrogens with zero attached hydrogens (tertiary/aromatic N) is 2. The predicted octanol–water partition coefficient (Wildman–Crippen LogP) is 1.51. The van der Waals surface area contributed by atoms with Crippen molar-refractivity contribution in [3.63, 3.8) is 0 Å². The monoisotopic (exact) mass is 369 g/mol. The first kappa shape index (κ1) is 18.4. The highest BCUT2D eigenvalue weighted by Gasteiger charge is 2.15. The molecule has 8 nitrogen and oxygen atoms in total. The molecule has 0 saturated heterocycles. The number of methoxy groups -OCH3 is 1. The number of benzene rings is 1. The molecule has 0 atom stereocenters. The zero-order valence-electron chi connectivity index (χ0n) is 15.0. The van der Waals surface area contributed by atoms with E-state index in [0.717, 1.165) is 11.3 Å². The van der Waals surface area contributed by atoms with Crippen LogP contribution in [0.4, 0.5) is 0 Å². The zero-order chi connectivity index (χ0) is 19.4. The Labute approximate surface area is 154 Å². The minimum Gasteiger partial charge on any atom is -0.497 e. The third-order valence-electron chi connectivity index (χ3n) is 4.12. The van der Waals surface area contributed by atoms with Crippen molar-refractivity contribution in [3.8, 4) is 5.75 Å². The fourth-order valence-corrected chi connectivity index (χ4v) is 2.69. The third kappa shape index (κ3) is 3.89. The lowest BCUT2D eigenvalue weighted by molar-refractivity contribution is 0.0524. The second kappa shape index (κ2) is 7.86.